The molecule has 19 heavy (non-hydrogen) atoms. The van der Waals surface area contributed by atoms with E-state index in [9.17, 15) is 4.79 Å². The second-order valence-electron chi connectivity index (χ2n) is 5.86. The van der Waals surface area contributed by atoms with E-state index in [1.807, 2.05) is 25.1 Å². The number of rotatable bonds is 4. The first kappa shape index (κ1) is 14.1. The van der Waals surface area contributed by atoms with Crippen molar-refractivity contribution < 1.29 is 4.79 Å². The molecule has 1 saturated heterocycles. The molecule has 0 saturated carbocycles. The molecule has 1 aromatic rings. The Labute approximate surface area is 116 Å². The third-order valence-electron chi connectivity index (χ3n) is 4.35. The number of ketones is 1. The van der Waals surface area contributed by atoms with Crippen molar-refractivity contribution in [2.45, 2.75) is 40.0 Å². The number of para-hydroxylation sites is 1. The summed E-state index contributed by atoms with van der Waals surface area (Å²) in [5, 5.41) is 0. The third kappa shape index (κ3) is 3.17. The monoisotopic (exact) mass is 259 g/mol. The summed E-state index contributed by atoms with van der Waals surface area (Å²) in [5.74, 6) is 1.86. The molecule has 0 atom stereocenters. The van der Waals surface area contributed by atoms with Gasteiger partial charge in [0, 0.05) is 30.8 Å². The number of hydrogen-bond donors (Lipinski definition) is 0. The summed E-state index contributed by atoms with van der Waals surface area (Å²) < 4.78 is 0. The third-order valence-corrected chi connectivity index (χ3v) is 4.35. The maximum atomic E-state index is 12.0. The Hall–Kier alpha value is -1.31. The van der Waals surface area contributed by atoms with E-state index < -0.39 is 0 Å². The summed E-state index contributed by atoms with van der Waals surface area (Å²) in [7, 11) is 0. The molecule has 0 amide bonds. The Bertz CT molecular complexity index is 431. The first-order chi connectivity index (χ1) is 9.13. The summed E-state index contributed by atoms with van der Waals surface area (Å²) in [4.78, 5) is 14.4. The predicted octanol–water partition coefficient (Wildman–Crippen LogP) is 4.15. The molecule has 1 fully saturated rings. The van der Waals surface area contributed by atoms with E-state index in [1.54, 1.807) is 0 Å². The molecule has 104 valence electrons. The highest BCUT2D eigenvalue weighted by atomic mass is 16.1. The highest BCUT2D eigenvalue weighted by Crippen LogP contribution is 2.30. The van der Waals surface area contributed by atoms with Crippen molar-refractivity contribution in [3.63, 3.8) is 0 Å². The van der Waals surface area contributed by atoms with Crippen molar-refractivity contribution in [2.75, 3.05) is 18.0 Å². The van der Waals surface area contributed by atoms with E-state index in [0.29, 0.717) is 6.42 Å². The molecule has 2 heteroatoms. The lowest BCUT2D eigenvalue weighted by Crippen LogP contribution is -2.36. The summed E-state index contributed by atoms with van der Waals surface area (Å²) in [6.07, 6.45) is 3.07. The minimum Gasteiger partial charge on any atom is -0.371 e. The zero-order valence-corrected chi connectivity index (χ0v) is 12.4. The fourth-order valence-electron chi connectivity index (χ4n) is 2.98. The van der Waals surface area contributed by atoms with Gasteiger partial charge in [0.2, 0.25) is 0 Å². The molecular weight excluding hydrogens is 234 g/mol. The molecular formula is C17H25NO. The quantitative estimate of drug-likeness (QED) is 0.757. The largest absolute Gasteiger partial charge is 0.371 e. The van der Waals surface area contributed by atoms with Crippen molar-refractivity contribution in [1.29, 1.82) is 0 Å². The van der Waals surface area contributed by atoms with Crippen molar-refractivity contribution in [1.82, 2.24) is 0 Å². The van der Waals surface area contributed by atoms with Crippen molar-refractivity contribution in [3.8, 4) is 0 Å². The Morgan fingerprint density at radius 3 is 2.47 bits per heavy atom. The maximum absolute atomic E-state index is 12.0. The van der Waals surface area contributed by atoms with Gasteiger partial charge < -0.3 is 4.90 Å². The van der Waals surface area contributed by atoms with Gasteiger partial charge in [-0.1, -0.05) is 32.9 Å². The van der Waals surface area contributed by atoms with Gasteiger partial charge in [-0.05, 0) is 36.8 Å². The molecule has 2 rings (SSSR count). The minimum absolute atomic E-state index is 0.251. The zero-order chi connectivity index (χ0) is 13.8. The molecule has 1 aliphatic heterocycles. The highest BCUT2D eigenvalue weighted by molar-refractivity contribution is 6.01. The van der Waals surface area contributed by atoms with Crippen LogP contribution in [0.1, 0.15) is 50.4 Å². The molecule has 0 N–H and O–H groups in total. The number of Topliss-reactive ketones (excluding diaryl/α,β-unsaturated/α-hetero) is 1. The standard InChI is InChI=1S/C17H25NO/c1-4-17(19)15-7-5-6-8-16(15)18-11-9-14(10-12-18)13(2)3/h5-8,13-14H,4,9-12H2,1-3H3. The minimum atomic E-state index is 0.251. The SMILES string of the molecule is CCC(=O)c1ccccc1N1CCC(C(C)C)CC1. The number of anilines is 1. The number of piperidine rings is 1. The topological polar surface area (TPSA) is 20.3 Å². The number of carbonyl (C=O) groups excluding carboxylic acids is 1. The van der Waals surface area contributed by atoms with E-state index in [2.05, 4.69) is 24.8 Å². The van der Waals surface area contributed by atoms with Gasteiger partial charge in [0.1, 0.15) is 0 Å². The Kier molecular flexibility index (Phi) is 4.62. The van der Waals surface area contributed by atoms with Gasteiger partial charge in [-0.25, -0.2) is 0 Å². The second kappa shape index (κ2) is 6.23. The normalized spacial score (nSPS) is 16.9. The fraction of sp³-hybridized carbons (Fsp3) is 0.588. The molecule has 0 spiro atoms. The summed E-state index contributed by atoms with van der Waals surface area (Å²) in [6.45, 7) is 8.72. The molecule has 1 aromatic carbocycles. The second-order valence-corrected chi connectivity index (χ2v) is 5.86. The Balaban J connectivity index is 2.13. The van der Waals surface area contributed by atoms with Gasteiger partial charge in [-0.3, -0.25) is 4.79 Å². The molecule has 0 radical (unpaired) electrons. The van der Waals surface area contributed by atoms with Crippen LogP contribution in [0, 0.1) is 11.8 Å². The van der Waals surface area contributed by atoms with Crippen LogP contribution in [-0.2, 0) is 0 Å². The van der Waals surface area contributed by atoms with Crippen LogP contribution in [0.5, 0.6) is 0 Å². The number of nitrogens with zero attached hydrogens (tertiary/aromatic N) is 1. The van der Waals surface area contributed by atoms with Gasteiger partial charge in [-0.15, -0.1) is 0 Å². The van der Waals surface area contributed by atoms with Gasteiger partial charge in [0.15, 0.2) is 5.78 Å². The van der Waals surface area contributed by atoms with E-state index >= 15 is 0 Å². The first-order valence-electron chi connectivity index (χ1n) is 7.50. The molecule has 0 aliphatic carbocycles. The van der Waals surface area contributed by atoms with Crippen LogP contribution in [-0.4, -0.2) is 18.9 Å². The van der Waals surface area contributed by atoms with Crippen LogP contribution < -0.4 is 4.90 Å². The number of hydrogen-bond acceptors (Lipinski definition) is 2. The summed E-state index contributed by atoms with van der Waals surface area (Å²) in [5.41, 5.74) is 2.03. The molecule has 2 nitrogen and oxygen atoms in total. The predicted molar refractivity (Wildman–Crippen MR) is 80.8 cm³/mol. The lowest BCUT2D eigenvalue weighted by atomic mass is 9.86. The average Bonchev–Trinajstić information content (AvgIpc) is 2.46. The van der Waals surface area contributed by atoms with Crippen LogP contribution in [0.2, 0.25) is 0 Å². The molecule has 1 heterocycles. The number of benzene rings is 1. The summed E-state index contributed by atoms with van der Waals surface area (Å²) in [6, 6.07) is 8.07. The zero-order valence-electron chi connectivity index (χ0n) is 12.4. The van der Waals surface area contributed by atoms with E-state index in [0.717, 1.165) is 36.2 Å². The van der Waals surface area contributed by atoms with Gasteiger partial charge in [0.05, 0.1) is 0 Å². The van der Waals surface area contributed by atoms with E-state index in [4.69, 9.17) is 0 Å². The van der Waals surface area contributed by atoms with Crippen molar-refractivity contribution >= 4 is 11.5 Å². The Morgan fingerprint density at radius 1 is 1.26 bits per heavy atom. The Morgan fingerprint density at radius 2 is 1.89 bits per heavy atom. The van der Waals surface area contributed by atoms with Crippen molar-refractivity contribution in [2.24, 2.45) is 11.8 Å². The number of carbonyl (C=O) groups is 1. The first-order valence-corrected chi connectivity index (χ1v) is 7.50. The summed E-state index contributed by atoms with van der Waals surface area (Å²) >= 11 is 0. The van der Waals surface area contributed by atoms with Gasteiger partial charge in [0.25, 0.3) is 0 Å². The van der Waals surface area contributed by atoms with Crippen LogP contribution in [0.3, 0.4) is 0 Å². The van der Waals surface area contributed by atoms with Crippen molar-refractivity contribution in [3.05, 3.63) is 29.8 Å². The lowest BCUT2D eigenvalue weighted by Gasteiger charge is -2.36. The lowest BCUT2D eigenvalue weighted by molar-refractivity contribution is 0.0988. The molecule has 0 unspecified atom stereocenters. The molecule has 1 aliphatic rings. The van der Waals surface area contributed by atoms with Gasteiger partial charge >= 0.3 is 0 Å². The maximum Gasteiger partial charge on any atom is 0.164 e. The van der Waals surface area contributed by atoms with E-state index in [1.165, 1.54) is 12.8 Å². The smallest absolute Gasteiger partial charge is 0.164 e. The van der Waals surface area contributed by atoms with Gasteiger partial charge in [-0.2, -0.15) is 0 Å². The van der Waals surface area contributed by atoms with Crippen LogP contribution in [0.25, 0.3) is 0 Å². The van der Waals surface area contributed by atoms with E-state index in [-0.39, 0.29) is 5.78 Å². The molecule has 0 aromatic heterocycles. The van der Waals surface area contributed by atoms with Crippen LogP contribution in [0.4, 0.5) is 5.69 Å². The average molecular weight is 259 g/mol. The fourth-order valence-corrected chi connectivity index (χ4v) is 2.98. The highest BCUT2D eigenvalue weighted by Gasteiger charge is 2.23. The molecule has 0 bridgehead atoms. The van der Waals surface area contributed by atoms with Crippen LogP contribution in [0.15, 0.2) is 24.3 Å². The van der Waals surface area contributed by atoms with Crippen LogP contribution >= 0.6 is 0 Å².